The van der Waals surface area contributed by atoms with Crippen LogP contribution in [0.5, 0.6) is 17.2 Å². The monoisotopic (exact) mass is 344 g/mol. The molecule has 4 rings (SSSR count). The summed E-state index contributed by atoms with van der Waals surface area (Å²) in [5.41, 5.74) is 1.15. The lowest BCUT2D eigenvalue weighted by molar-refractivity contribution is 0.142. The molecule has 0 radical (unpaired) electrons. The van der Waals surface area contributed by atoms with Crippen LogP contribution >= 0.6 is 0 Å². The smallest absolute Gasteiger partial charge is 0.203 e. The van der Waals surface area contributed by atoms with E-state index in [-0.39, 0.29) is 6.04 Å². The van der Waals surface area contributed by atoms with E-state index in [1.165, 1.54) is 0 Å². The van der Waals surface area contributed by atoms with Crippen molar-refractivity contribution in [1.82, 2.24) is 19.8 Å². The van der Waals surface area contributed by atoms with E-state index < -0.39 is 0 Å². The third-order valence-electron chi connectivity index (χ3n) is 4.78. The summed E-state index contributed by atoms with van der Waals surface area (Å²) in [6.07, 6.45) is 3.85. The van der Waals surface area contributed by atoms with Crippen molar-refractivity contribution < 1.29 is 14.2 Å². The number of imidazole rings is 1. The maximum absolute atomic E-state index is 5.76. The average Bonchev–Trinajstić information content (AvgIpc) is 3.07. The Hall–Kier alpha value is -2.25. The number of fused-ring (bicyclic) bond motifs is 1. The van der Waals surface area contributed by atoms with Crippen LogP contribution in [0.15, 0.2) is 24.5 Å². The first-order chi connectivity index (χ1) is 12.3. The average molecular weight is 344 g/mol. The van der Waals surface area contributed by atoms with Gasteiger partial charge in [0.1, 0.15) is 19.0 Å². The molecule has 134 valence electrons. The van der Waals surface area contributed by atoms with Gasteiger partial charge in [0.15, 0.2) is 11.5 Å². The minimum atomic E-state index is 0.243. The Labute approximate surface area is 147 Å². The normalized spacial score (nSPS) is 20.5. The predicted molar refractivity (Wildman–Crippen MR) is 93.2 cm³/mol. The molecule has 0 amide bonds. The van der Waals surface area contributed by atoms with Gasteiger partial charge in [-0.3, -0.25) is 4.90 Å². The zero-order valence-corrected chi connectivity index (χ0v) is 14.7. The molecule has 0 bridgehead atoms. The van der Waals surface area contributed by atoms with Gasteiger partial charge in [-0.25, -0.2) is 4.98 Å². The molecule has 0 spiro atoms. The summed E-state index contributed by atoms with van der Waals surface area (Å²) in [4.78, 5) is 7.00. The highest BCUT2D eigenvalue weighted by atomic mass is 16.6. The zero-order valence-electron chi connectivity index (χ0n) is 14.7. The first-order valence-corrected chi connectivity index (χ1v) is 8.65. The van der Waals surface area contributed by atoms with Crippen molar-refractivity contribution >= 4 is 0 Å². The van der Waals surface area contributed by atoms with Gasteiger partial charge in [0.25, 0.3) is 0 Å². The summed E-state index contributed by atoms with van der Waals surface area (Å²) >= 11 is 0. The molecule has 2 aromatic rings. The number of ether oxygens (including phenoxy) is 3. The number of nitrogens with zero attached hydrogens (tertiary/aromatic N) is 3. The van der Waals surface area contributed by atoms with Crippen LogP contribution in [0.3, 0.4) is 0 Å². The summed E-state index contributed by atoms with van der Waals surface area (Å²) in [5, 5.41) is 3.47. The van der Waals surface area contributed by atoms with Gasteiger partial charge in [0.05, 0.1) is 13.2 Å². The second-order valence-corrected chi connectivity index (χ2v) is 6.41. The predicted octanol–water partition coefficient (Wildman–Crippen LogP) is 1.35. The van der Waals surface area contributed by atoms with Crippen LogP contribution in [-0.2, 0) is 13.6 Å². The Morgan fingerprint density at radius 1 is 1.32 bits per heavy atom. The molecular formula is C18H24N4O3. The molecule has 1 aromatic carbocycles. The standard InChI is InChI=1S/C18H24N4O3/c1-21-5-4-20-18(21)14-11-19-3-6-22(14)12-13-9-15(23-2)17-16(10-13)24-7-8-25-17/h4-5,9-10,14,19H,3,6-8,11-12H2,1-2H3. The third-order valence-corrected chi connectivity index (χ3v) is 4.78. The molecule has 1 fully saturated rings. The van der Waals surface area contributed by atoms with Gasteiger partial charge >= 0.3 is 0 Å². The number of aromatic nitrogens is 2. The second-order valence-electron chi connectivity index (χ2n) is 6.41. The van der Waals surface area contributed by atoms with Gasteiger partial charge < -0.3 is 24.1 Å². The van der Waals surface area contributed by atoms with Crippen LogP contribution in [0.4, 0.5) is 0 Å². The molecule has 2 aliphatic rings. The van der Waals surface area contributed by atoms with E-state index in [4.69, 9.17) is 14.2 Å². The number of piperazine rings is 1. The third kappa shape index (κ3) is 3.17. The molecular weight excluding hydrogens is 320 g/mol. The highest BCUT2D eigenvalue weighted by molar-refractivity contribution is 5.54. The molecule has 1 unspecified atom stereocenters. The van der Waals surface area contributed by atoms with Crippen molar-refractivity contribution in [3.8, 4) is 17.2 Å². The van der Waals surface area contributed by atoms with E-state index in [0.717, 1.165) is 49.1 Å². The van der Waals surface area contributed by atoms with Gasteiger partial charge in [-0.2, -0.15) is 0 Å². The van der Waals surface area contributed by atoms with Gasteiger partial charge in [-0.05, 0) is 17.7 Å². The van der Waals surface area contributed by atoms with Crippen molar-refractivity contribution in [3.63, 3.8) is 0 Å². The SMILES string of the molecule is COc1cc(CN2CCNCC2c2nccn2C)cc2c1OCCO2. The Morgan fingerprint density at radius 3 is 3.00 bits per heavy atom. The van der Waals surface area contributed by atoms with Crippen LogP contribution in [0.25, 0.3) is 0 Å². The molecule has 0 aliphatic carbocycles. The molecule has 2 aliphatic heterocycles. The summed E-state index contributed by atoms with van der Waals surface area (Å²) in [6, 6.07) is 4.35. The van der Waals surface area contributed by atoms with Crippen LogP contribution < -0.4 is 19.5 Å². The first kappa shape index (κ1) is 16.2. The van der Waals surface area contributed by atoms with Gasteiger partial charge in [0, 0.05) is 45.6 Å². The van der Waals surface area contributed by atoms with Crippen LogP contribution in [0.1, 0.15) is 17.4 Å². The van der Waals surface area contributed by atoms with E-state index in [0.29, 0.717) is 19.0 Å². The molecule has 25 heavy (non-hydrogen) atoms. The minimum absolute atomic E-state index is 0.243. The largest absolute Gasteiger partial charge is 0.493 e. The maximum Gasteiger partial charge on any atom is 0.203 e. The number of aryl methyl sites for hydroxylation is 1. The summed E-state index contributed by atoms with van der Waals surface area (Å²) in [6.45, 7) is 4.78. The molecule has 7 nitrogen and oxygen atoms in total. The molecule has 0 saturated carbocycles. The number of rotatable bonds is 4. The van der Waals surface area contributed by atoms with E-state index in [1.807, 2.05) is 25.5 Å². The van der Waals surface area contributed by atoms with Gasteiger partial charge in [-0.1, -0.05) is 0 Å². The van der Waals surface area contributed by atoms with E-state index in [1.54, 1.807) is 7.11 Å². The number of hydrogen-bond donors (Lipinski definition) is 1. The maximum atomic E-state index is 5.76. The lowest BCUT2D eigenvalue weighted by Gasteiger charge is -2.36. The van der Waals surface area contributed by atoms with Crippen LogP contribution in [0.2, 0.25) is 0 Å². The van der Waals surface area contributed by atoms with Gasteiger partial charge in [0.2, 0.25) is 5.75 Å². The van der Waals surface area contributed by atoms with Crippen LogP contribution in [0, 0.1) is 0 Å². The summed E-state index contributed by atoms with van der Waals surface area (Å²) in [5.74, 6) is 3.29. The molecule has 3 heterocycles. The van der Waals surface area contributed by atoms with Crippen LogP contribution in [-0.4, -0.2) is 54.4 Å². The van der Waals surface area contributed by atoms with Crippen molar-refractivity contribution in [2.24, 2.45) is 7.05 Å². The van der Waals surface area contributed by atoms with Crippen molar-refractivity contribution in [2.45, 2.75) is 12.6 Å². The zero-order chi connectivity index (χ0) is 17.2. The van der Waals surface area contributed by atoms with Crippen molar-refractivity contribution in [2.75, 3.05) is 40.0 Å². The molecule has 1 N–H and O–H groups in total. The lowest BCUT2D eigenvalue weighted by atomic mass is 10.1. The number of hydrogen-bond acceptors (Lipinski definition) is 6. The topological polar surface area (TPSA) is 60.8 Å². The van der Waals surface area contributed by atoms with E-state index in [9.17, 15) is 0 Å². The number of methoxy groups -OCH3 is 1. The highest BCUT2D eigenvalue weighted by Gasteiger charge is 2.28. The summed E-state index contributed by atoms with van der Waals surface area (Å²) in [7, 11) is 3.71. The first-order valence-electron chi connectivity index (χ1n) is 8.65. The molecule has 1 atom stereocenters. The Morgan fingerprint density at radius 2 is 2.20 bits per heavy atom. The molecule has 1 saturated heterocycles. The Kier molecular flexibility index (Phi) is 4.50. The quantitative estimate of drug-likeness (QED) is 0.903. The van der Waals surface area contributed by atoms with E-state index >= 15 is 0 Å². The van der Waals surface area contributed by atoms with Crippen molar-refractivity contribution in [3.05, 3.63) is 35.9 Å². The Bertz CT molecular complexity index is 729. The lowest BCUT2D eigenvalue weighted by Crippen LogP contribution is -2.46. The van der Waals surface area contributed by atoms with E-state index in [2.05, 4.69) is 25.8 Å². The highest BCUT2D eigenvalue weighted by Crippen LogP contribution is 2.41. The fourth-order valence-electron chi connectivity index (χ4n) is 3.54. The summed E-state index contributed by atoms with van der Waals surface area (Å²) < 4.78 is 19.1. The molecule has 7 heteroatoms. The fourth-order valence-corrected chi connectivity index (χ4v) is 3.54. The number of benzene rings is 1. The Balaban J connectivity index is 1.61. The minimum Gasteiger partial charge on any atom is -0.493 e. The van der Waals surface area contributed by atoms with Crippen molar-refractivity contribution in [1.29, 1.82) is 0 Å². The fraction of sp³-hybridized carbons (Fsp3) is 0.500. The van der Waals surface area contributed by atoms with Gasteiger partial charge in [-0.15, -0.1) is 0 Å². The number of nitrogens with one attached hydrogen (secondary N) is 1. The second kappa shape index (κ2) is 6.93. The molecule has 1 aromatic heterocycles.